The first-order valence-electron chi connectivity index (χ1n) is 7.34. The molecule has 0 aliphatic carbocycles. The van der Waals surface area contributed by atoms with E-state index in [9.17, 15) is 31.1 Å². The summed E-state index contributed by atoms with van der Waals surface area (Å²) in [5, 5.41) is 7.12. The molecule has 1 aliphatic rings. The molecule has 1 saturated heterocycles. The summed E-state index contributed by atoms with van der Waals surface area (Å²) in [7, 11) is 0. The molecular weight excluding hydrogens is 454 g/mol. The fraction of sp³-hybridized carbons (Fsp3) is 0.571. The summed E-state index contributed by atoms with van der Waals surface area (Å²) in [5.41, 5.74) is 6.18. The number of carboxylic acid groups (broad SMARTS) is 1. The van der Waals surface area contributed by atoms with E-state index in [1.165, 1.54) is 0 Å². The van der Waals surface area contributed by atoms with E-state index >= 15 is 0 Å². The van der Waals surface area contributed by atoms with E-state index in [0.717, 1.165) is 4.90 Å². The molecule has 0 bridgehead atoms. The highest BCUT2D eigenvalue weighted by atomic mass is 79.9. The van der Waals surface area contributed by atoms with Crippen LogP contribution in [0.25, 0.3) is 0 Å². The second kappa shape index (κ2) is 8.50. The van der Waals surface area contributed by atoms with Crippen LogP contribution in [-0.4, -0.2) is 52.9 Å². The zero-order chi connectivity index (χ0) is 21.2. The Morgan fingerprint density at radius 3 is 2.15 bits per heavy atom. The molecule has 1 aromatic rings. The zero-order valence-electron chi connectivity index (χ0n) is 13.7. The normalized spacial score (nSPS) is 20.7. The van der Waals surface area contributed by atoms with Gasteiger partial charge in [-0.1, -0.05) is 0 Å². The van der Waals surface area contributed by atoms with Gasteiger partial charge in [-0.3, -0.25) is 4.79 Å². The quantitative estimate of drug-likeness (QED) is 0.615. The number of furan rings is 1. The number of likely N-dealkylation sites (tertiary alicyclic amines) is 1. The first kappa shape index (κ1) is 23.3. The molecule has 1 aliphatic heterocycles. The third-order valence-corrected chi connectivity index (χ3v) is 3.97. The summed E-state index contributed by atoms with van der Waals surface area (Å²) < 4.78 is 76.3. The van der Waals surface area contributed by atoms with Crippen LogP contribution in [0.1, 0.15) is 29.0 Å². The number of nitrogens with two attached hydrogens (primary N) is 1. The molecule has 2 unspecified atom stereocenters. The Morgan fingerprint density at radius 2 is 1.78 bits per heavy atom. The lowest BCUT2D eigenvalue weighted by Gasteiger charge is -2.38. The first-order chi connectivity index (χ1) is 12.1. The van der Waals surface area contributed by atoms with Crippen molar-refractivity contribution >= 4 is 27.8 Å². The van der Waals surface area contributed by atoms with Crippen LogP contribution in [0.4, 0.5) is 26.3 Å². The molecule has 2 heterocycles. The van der Waals surface area contributed by atoms with E-state index < -0.39 is 36.3 Å². The Kier molecular flexibility index (Phi) is 7.33. The summed E-state index contributed by atoms with van der Waals surface area (Å²) in [6.45, 7) is 1.48. The van der Waals surface area contributed by atoms with Crippen molar-refractivity contribution in [3.63, 3.8) is 0 Å². The largest absolute Gasteiger partial charge is 0.490 e. The molecule has 1 amide bonds. The van der Waals surface area contributed by atoms with Gasteiger partial charge in [0.25, 0.3) is 5.91 Å². The minimum absolute atomic E-state index is 0.0831. The number of amides is 1. The molecule has 2 atom stereocenters. The second-order valence-electron chi connectivity index (χ2n) is 5.72. The molecule has 0 radical (unpaired) electrons. The van der Waals surface area contributed by atoms with Gasteiger partial charge < -0.3 is 20.2 Å². The summed E-state index contributed by atoms with van der Waals surface area (Å²) in [4.78, 5) is 22.0. The van der Waals surface area contributed by atoms with Crippen molar-refractivity contribution in [3.8, 4) is 0 Å². The lowest BCUT2D eigenvalue weighted by atomic mass is 9.97. The van der Waals surface area contributed by atoms with Crippen molar-refractivity contribution < 1.29 is 45.5 Å². The topological polar surface area (TPSA) is 96.8 Å². The van der Waals surface area contributed by atoms with Gasteiger partial charge in [0, 0.05) is 18.2 Å². The fourth-order valence-corrected chi connectivity index (χ4v) is 2.86. The Bertz CT molecular complexity index is 688. The fourth-order valence-electron chi connectivity index (χ4n) is 2.35. The van der Waals surface area contributed by atoms with Crippen molar-refractivity contribution in [3.05, 3.63) is 22.1 Å². The molecule has 0 spiro atoms. The van der Waals surface area contributed by atoms with E-state index in [-0.39, 0.29) is 25.1 Å². The maximum absolute atomic E-state index is 13.0. The lowest BCUT2D eigenvalue weighted by Crippen LogP contribution is -2.56. The number of hydrogen-bond donors (Lipinski definition) is 2. The summed E-state index contributed by atoms with van der Waals surface area (Å²) >= 11 is 3.06. The predicted molar refractivity (Wildman–Crippen MR) is 82.9 cm³/mol. The number of carboxylic acids is 1. The van der Waals surface area contributed by atoms with Crippen molar-refractivity contribution in [2.24, 2.45) is 5.73 Å². The number of hydrogen-bond acceptors (Lipinski definition) is 4. The van der Waals surface area contributed by atoms with E-state index in [1.807, 2.05) is 0 Å². The molecule has 0 saturated carbocycles. The molecule has 3 N–H and O–H groups in total. The molecule has 0 aromatic carbocycles. The van der Waals surface area contributed by atoms with Gasteiger partial charge in [0.2, 0.25) is 0 Å². The van der Waals surface area contributed by atoms with Crippen LogP contribution in [0.3, 0.4) is 0 Å². The lowest BCUT2D eigenvalue weighted by molar-refractivity contribution is -0.192. The zero-order valence-corrected chi connectivity index (χ0v) is 15.3. The van der Waals surface area contributed by atoms with Crippen LogP contribution in [0, 0.1) is 6.92 Å². The Hall–Kier alpha value is -1.76. The third-order valence-electron chi connectivity index (χ3n) is 3.58. The van der Waals surface area contributed by atoms with Gasteiger partial charge in [-0.05, 0) is 41.8 Å². The van der Waals surface area contributed by atoms with Gasteiger partial charge in [0.15, 0.2) is 10.4 Å². The molecular formula is C14H15BrF6N2O4. The number of rotatable bonds is 1. The molecule has 6 nitrogen and oxygen atoms in total. The van der Waals surface area contributed by atoms with Crippen molar-refractivity contribution in [1.29, 1.82) is 0 Å². The van der Waals surface area contributed by atoms with Gasteiger partial charge in [0.1, 0.15) is 6.04 Å². The van der Waals surface area contributed by atoms with Gasteiger partial charge in [0.05, 0.1) is 0 Å². The SMILES string of the molecule is Cc1cc(Br)oc1C(=O)N1CC(N)CCC1C(F)(F)F.O=C(O)C(F)(F)F. The smallest absolute Gasteiger partial charge is 0.475 e. The van der Waals surface area contributed by atoms with Crippen LogP contribution in [0.15, 0.2) is 15.2 Å². The highest BCUT2D eigenvalue weighted by Gasteiger charge is 2.48. The number of nitrogens with zero attached hydrogens (tertiary/aromatic N) is 1. The Morgan fingerprint density at radius 1 is 1.26 bits per heavy atom. The summed E-state index contributed by atoms with van der Waals surface area (Å²) in [5.74, 6) is -3.61. The monoisotopic (exact) mass is 468 g/mol. The average Bonchev–Trinajstić information content (AvgIpc) is 2.83. The van der Waals surface area contributed by atoms with Crippen LogP contribution in [-0.2, 0) is 4.79 Å². The number of aryl methyl sites for hydroxylation is 1. The summed E-state index contributed by atoms with van der Waals surface area (Å²) in [6, 6.07) is -0.714. The second-order valence-corrected chi connectivity index (χ2v) is 6.50. The van der Waals surface area contributed by atoms with Crippen molar-refractivity contribution in [2.75, 3.05) is 6.54 Å². The molecule has 154 valence electrons. The maximum atomic E-state index is 13.0. The molecule has 2 rings (SSSR count). The predicted octanol–water partition coefficient (Wildman–Crippen LogP) is 3.48. The average molecular weight is 469 g/mol. The van der Waals surface area contributed by atoms with E-state index in [1.54, 1.807) is 13.0 Å². The highest BCUT2D eigenvalue weighted by Crippen LogP contribution is 2.33. The number of aliphatic carboxylic acids is 1. The van der Waals surface area contributed by atoms with Crippen LogP contribution in [0.5, 0.6) is 0 Å². The molecule has 13 heteroatoms. The maximum Gasteiger partial charge on any atom is 0.490 e. The number of carbonyl (C=O) groups excluding carboxylic acids is 1. The van der Waals surface area contributed by atoms with E-state index in [4.69, 9.17) is 20.1 Å². The van der Waals surface area contributed by atoms with Crippen molar-refractivity contribution in [1.82, 2.24) is 4.90 Å². The minimum Gasteiger partial charge on any atom is -0.475 e. The number of halogens is 7. The van der Waals surface area contributed by atoms with E-state index in [0.29, 0.717) is 10.2 Å². The van der Waals surface area contributed by atoms with Gasteiger partial charge in [-0.25, -0.2) is 4.79 Å². The first-order valence-corrected chi connectivity index (χ1v) is 8.13. The van der Waals surface area contributed by atoms with Crippen LogP contribution >= 0.6 is 15.9 Å². The standard InChI is InChI=1S/C12H14BrF3N2O2.C2HF3O2/c1-6-4-9(13)20-10(6)11(19)18-5-7(17)2-3-8(18)12(14,15)16;3-2(4,5)1(6)7/h4,7-8H,2-3,5,17H2,1H3;(H,6,7). The van der Waals surface area contributed by atoms with Gasteiger partial charge in [-0.15, -0.1) is 0 Å². The van der Waals surface area contributed by atoms with Crippen LogP contribution in [0.2, 0.25) is 0 Å². The summed E-state index contributed by atoms with van der Waals surface area (Å²) in [6.07, 6.45) is -9.49. The Labute approximate surface area is 157 Å². The Balaban J connectivity index is 0.000000445. The minimum atomic E-state index is -5.08. The van der Waals surface area contributed by atoms with Gasteiger partial charge >= 0.3 is 18.3 Å². The number of carbonyl (C=O) groups is 2. The molecule has 27 heavy (non-hydrogen) atoms. The van der Waals surface area contributed by atoms with Gasteiger partial charge in [-0.2, -0.15) is 26.3 Å². The molecule has 1 fully saturated rings. The number of piperidine rings is 1. The van der Waals surface area contributed by atoms with Crippen molar-refractivity contribution in [2.45, 2.75) is 44.2 Å². The molecule has 1 aromatic heterocycles. The van der Waals surface area contributed by atoms with E-state index in [2.05, 4.69) is 15.9 Å². The number of alkyl halides is 6. The highest BCUT2D eigenvalue weighted by molar-refractivity contribution is 9.10. The van der Waals surface area contributed by atoms with Crippen LogP contribution < -0.4 is 5.73 Å². The third kappa shape index (κ3) is 6.41.